The molecule has 1 N–H and O–H groups in total. The molecule has 0 unspecified atom stereocenters. The molecule has 15 heavy (non-hydrogen) atoms. The lowest BCUT2D eigenvalue weighted by molar-refractivity contribution is 0.351. The molecule has 0 aromatic rings. The molecule has 2 aliphatic rings. The fourth-order valence-electron chi connectivity index (χ4n) is 2.83. The molecule has 2 heteroatoms. The van der Waals surface area contributed by atoms with Gasteiger partial charge in [-0.15, -0.1) is 0 Å². The quantitative estimate of drug-likeness (QED) is 0.789. The van der Waals surface area contributed by atoms with Crippen molar-refractivity contribution in [1.29, 1.82) is 0 Å². The maximum Gasteiger partial charge on any atom is 0.00670 e. The monoisotopic (exact) mass is 227 g/mol. The van der Waals surface area contributed by atoms with Crippen LogP contribution in [0, 0.1) is 5.92 Å². The van der Waals surface area contributed by atoms with Crippen LogP contribution in [0.5, 0.6) is 0 Å². The van der Waals surface area contributed by atoms with Gasteiger partial charge in [-0.2, -0.15) is 11.8 Å². The zero-order chi connectivity index (χ0) is 10.3. The van der Waals surface area contributed by atoms with Gasteiger partial charge in [0.15, 0.2) is 0 Å². The highest BCUT2D eigenvalue weighted by molar-refractivity contribution is 7.99. The highest BCUT2D eigenvalue weighted by atomic mass is 32.2. The summed E-state index contributed by atoms with van der Waals surface area (Å²) in [4.78, 5) is 0. The highest BCUT2D eigenvalue weighted by Gasteiger charge is 2.15. The topological polar surface area (TPSA) is 12.0 Å². The minimum Gasteiger partial charge on any atom is -0.314 e. The third-order valence-electron chi connectivity index (χ3n) is 3.93. The lowest BCUT2D eigenvalue weighted by Gasteiger charge is -2.25. The first kappa shape index (κ1) is 11.8. The van der Waals surface area contributed by atoms with Crippen LogP contribution in [0.15, 0.2) is 0 Å². The third-order valence-corrected chi connectivity index (χ3v) is 4.98. The number of thioether (sulfide) groups is 1. The van der Waals surface area contributed by atoms with Crippen LogP contribution in [0.3, 0.4) is 0 Å². The number of hydrogen-bond acceptors (Lipinski definition) is 2. The molecule has 0 aromatic heterocycles. The van der Waals surface area contributed by atoms with Gasteiger partial charge in [-0.25, -0.2) is 0 Å². The number of nitrogens with one attached hydrogen (secondary N) is 1. The summed E-state index contributed by atoms with van der Waals surface area (Å²) in [6, 6.07) is 0.858. The molecule has 0 aromatic carbocycles. The first-order valence-electron chi connectivity index (χ1n) is 6.76. The van der Waals surface area contributed by atoms with E-state index in [4.69, 9.17) is 0 Å². The molecule has 0 amide bonds. The second-order valence-corrected chi connectivity index (χ2v) is 6.36. The van der Waals surface area contributed by atoms with E-state index in [2.05, 4.69) is 17.1 Å². The van der Waals surface area contributed by atoms with Gasteiger partial charge in [-0.1, -0.05) is 19.3 Å². The molecule has 1 heterocycles. The second-order valence-electron chi connectivity index (χ2n) is 5.13. The van der Waals surface area contributed by atoms with E-state index in [0.717, 1.165) is 12.0 Å². The van der Waals surface area contributed by atoms with Crippen molar-refractivity contribution in [3.8, 4) is 0 Å². The van der Waals surface area contributed by atoms with E-state index < -0.39 is 0 Å². The van der Waals surface area contributed by atoms with Crippen LogP contribution >= 0.6 is 11.8 Å². The van der Waals surface area contributed by atoms with Gasteiger partial charge in [0.2, 0.25) is 0 Å². The van der Waals surface area contributed by atoms with E-state index in [0.29, 0.717) is 0 Å². The summed E-state index contributed by atoms with van der Waals surface area (Å²) in [5.74, 6) is 3.85. The fourth-order valence-corrected chi connectivity index (χ4v) is 4.04. The Hall–Kier alpha value is 0.310. The van der Waals surface area contributed by atoms with Gasteiger partial charge >= 0.3 is 0 Å². The van der Waals surface area contributed by atoms with Gasteiger partial charge in [-0.05, 0) is 56.1 Å². The van der Waals surface area contributed by atoms with E-state index in [1.54, 1.807) is 0 Å². The van der Waals surface area contributed by atoms with Crippen LogP contribution in [-0.4, -0.2) is 24.1 Å². The zero-order valence-electron chi connectivity index (χ0n) is 9.84. The molecule has 0 radical (unpaired) electrons. The van der Waals surface area contributed by atoms with Crippen molar-refractivity contribution in [2.24, 2.45) is 5.92 Å². The summed E-state index contributed by atoms with van der Waals surface area (Å²) in [5.41, 5.74) is 0. The van der Waals surface area contributed by atoms with Gasteiger partial charge in [0.1, 0.15) is 0 Å². The van der Waals surface area contributed by atoms with Crippen molar-refractivity contribution < 1.29 is 0 Å². The Bertz CT molecular complexity index is 142. The summed E-state index contributed by atoms with van der Waals surface area (Å²) < 4.78 is 0. The lowest BCUT2D eigenvalue weighted by Crippen LogP contribution is -2.32. The van der Waals surface area contributed by atoms with Crippen LogP contribution < -0.4 is 5.32 Å². The largest absolute Gasteiger partial charge is 0.314 e. The Labute approximate surface area is 98.8 Å². The van der Waals surface area contributed by atoms with Crippen LogP contribution in [0.4, 0.5) is 0 Å². The van der Waals surface area contributed by atoms with E-state index >= 15 is 0 Å². The second kappa shape index (κ2) is 6.80. The number of hydrogen-bond donors (Lipinski definition) is 1. The maximum absolute atomic E-state index is 3.76. The van der Waals surface area contributed by atoms with Crippen molar-refractivity contribution in [3.05, 3.63) is 0 Å². The Morgan fingerprint density at radius 2 is 1.67 bits per heavy atom. The molecule has 0 atom stereocenters. The van der Waals surface area contributed by atoms with Crippen molar-refractivity contribution in [2.45, 2.75) is 57.4 Å². The Balaban J connectivity index is 1.53. The summed E-state index contributed by atoms with van der Waals surface area (Å²) >= 11 is 2.14. The van der Waals surface area contributed by atoms with Crippen molar-refractivity contribution in [3.63, 3.8) is 0 Å². The summed E-state index contributed by atoms with van der Waals surface area (Å²) in [6.07, 6.45) is 11.6. The van der Waals surface area contributed by atoms with Gasteiger partial charge < -0.3 is 5.32 Å². The lowest BCUT2D eigenvalue weighted by atomic mass is 9.94. The van der Waals surface area contributed by atoms with Gasteiger partial charge in [0.05, 0.1) is 0 Å². The van der Waals surface area contributed by atoms with Gasteiger partial charge in [0.25, 0.3) is 0 Å². The van der Waals surface area contributed by atoms with Crippen molar-refractivity contribution in [1.82, 2.24) is 5.32 Å². The van der Waals surface area contributed by atoms with Crippen LogP contribution in [0.1, 0.15) is 51.4 Å². The smallest absolute Gasteiger partial charge is 0.00670 e. The molecule has 0 bridgehead atoms. The normalized spacial score (nSPS) is 25.6. The van der Waals surface area contributed by atoms with E-state index in [9.17, 15) is 0 Å². The fraction of sp³-hybridized carbons (Fsp3) is 1.00. The van der Waals surface area contributed by atoms with E-state index in [1.807, 2.05) is 0 Å². The number of rotatable bonds is 4. The maximum atomic E-state index is 3.76. The van der Waals surface area contributed by atoms with Gasteiger partial charge in [-0.3, -0.25) is 0 Å². The van der Waals surface area contributed by atoms with E-state index in [-0.39, 0.29) is 0 Å². The first-order chi connectivity index (χ1) is 7.45. The Kier molecular flexibility index (Phi) is 5.34. The molecule has 0 spiro atoms. The minimum absolute atomic E-state index is 0.858. The molecule has 1 saturated carbocycles. The third kappa shape index (κ3) is 4.36. The van der Waals surface area contributed by atoms with Crippen LogP contribution in [-0.2, 0) is 0 Å². The van der Waals surface area contributed by atoms with Crippen LogP contribution in [0.25, 0.3) is 0 Å². The summed E-state index contributed by atoms with van der Waals surface area (Å²) in [6.45, 7) is 1.28. The molecular weight excluding hydrogens is 202 g/mol. The average molecular weight is 227 g/mol. The predicted octanol–water partition coefficient (Wildman–Crippen LogP) is 3.44. The molecule has 1 aliphatic heterocycles. The highest BCUT2D eigenvalue weighted by Crippen LogP contribution is 2.25. The van der Waals surface area contributed by atoms with Crippen molar-refractivity contribution >= 4 is 11.8 Å². The summed E-state index contributed by atoms with van der Waals surface area (Å²) in [5, 5.41) is 3.76. The predicted molar refractivity (Wildman–Crippen MR) is 69.5 cm³/mol. The molecule has 2 rings (SSSR count). The Morgan fingerprint density at radius 3 is 2.40 bits per heavy atom. The molecule has 1 nitrogen and oxygen atoms in total. The average Bonchev–Trinajstić information content (AvgIpc) is 2.32. The molecular formula is C13H25NS. The van der Waals surface area contributed by atoms with Gasteiger partial charge in [0, 0.05) is 6.04 Å². The minimum atomic E-state index is 0.858. The molecule has 2 fully saturated rings. The molecule has 88 valence electrons. The standard InChI is InChI=1S/C13H25NS/c1-2-4-13(5-3-1)14-9-6-12-7-10-15-11-8-12/h12-14H,1-11H2. The van der Waals surface area contributed by atoms with E-state index in [1.165, 1.54) is 69.4 Å². The Morgan fingerprint density at radius 1 is 0.933 bits per heavy atom. The van der Waals surface area contributed by atoms with Crippen molar-refractivity contribution in [2.75, 3.05) is 18.1 Å². The zero-order valence-corrected chi connectivity index (χ0v) is 10.7. The first-order valence-corrected chi connectivity index (χ1v) is 7.92. The summed E-state index contributed by atoms with van der Waals surface area (Å²) in [7, 11) is 0. The van der Waals surface area contributed by atoms with Crippen LogP contribution in [0.2, 0.25) is 0 Å². The molecule has 1 aliphatic carbocycles. The molecule has 1 saturated heterocycles. The SMILES string of the molecule is C1CCC(NCCC2CCSCC2)CC1.